The van der Waals surface area contributed by atoms with Crippen LogP contribution in [0.3, 0.4) is 0 Å². The van der Waals surface area contributed by atoms with Gasteiger partial charge in [0.05, 0.1) is 6.61 Å². The van der Waals surface area contributed by atoms with Gasteiger partial charge in [-0.25, -0.2) is 4.79 Å². The summed E-state index contributed by atoms with van der Waals surface area (Å²) in [5.74, 6) is 0. The molecule has 0 bridgehead atoms. The van der Waals surface area contributed by atoms with E-state index in [-0.39, 0.29) is 6.09 Å². The number of aromatic amines is 1. The third-order valence-electron chi connectivity index (χ3n) is 3.30. The molecule has 0 aliphatic rings. The van der Waals surface area contributed by atoms with Crippen molar-refractivity contribution in [2.24, 2.45) is 0 Å². The molecule has 0 saturated carbocycles. The highest BCUT2D eigenvalue weighted by Crippen LogP contribution is 2.24. The number of ether oxygens (including phenoxy) is 1. The lowest BCUT2D eigenvalue weighted by molar-refractivity contribution is 0.152. The van der Waals surface area contributed by atoms with Gasteiger partial charge >= 0.3 is 6.09 Å². The zero-order chi connectivity index (χ0) is 15.9. The van der Waals surface area contributed by atoms with Gasteiger partial charge in [-0.1, -0.05) is 36.4 Å². The summed E-state index contributed by atoms with van der Waals surface area (Å²) in [6.45, 7) is 8.55. The number of rotatable bonds is 6. The fourth-order valence-corrected chi connectivity index (χ4v) is 2.33. The van der Waals surface area contributed by atoms with E-state index in [1.54, 1.807) is 6.92 Å². The van der Waals surface area contributed by atoms with Crippen LogP contribution in [0.5, 0.6) is 0 Å². The summed E-state index contributed by atoms with van der Waals surface area (Å²) < 4.78 is 4.87. The molecule has 4 nitrogen and oxygen atoms in total. The van der Waals surface area contributed by atoms with E-state index in [9.17, 15) is 4.79 Å². The first-order valence-corrected chi connectivity index (χ1v) is 7.45. The number of fused-ring (bicyclic) bond motifs is 1. The number of H-pyrrole nitrogens is 1. The Kier molecular flexibility index (Phi) is 5.42. The lowest BCUT2D eigenvalue weighted by atomic mass is 10.1. The molecule has 2 rings (SSSR count). The molecule has 22 heavy (non-hydrogen) atoms. The maximum absolute atomic E-state index is 11.4. The number of aromatic nitrogens is 1. The maximum Gasteiger partial charge on any atom is 0.407 e. The van der Waals surface area contributed by atoms with Gasteiger partial charge in [-0.15, -0.1) is 0 Å². The molecule has 2 aromatic rings. The molecule has 1 aromatic carbocycles. The zero-order valence-corrected chi connectivity index (χ0v) is 13.1. The Morgan fingerprint density at radius 3 is 2.91 bits per heavy atom. The van der Waals surface area contributed by atoms with Gasteiger partial charge in [0.1, 0.15) is 0 Å². The number of benzene rings is 1. The number of nitrogens with one attached hydrogen (secondary N) is 2. The predicted molar refractivity (Wildman–Crippen MR) is 90.9 cm³/mol. The van der Waals surface area contributed by atoms with Crippen LogP contribution < -0.4 is 5.32 Å². The largest absolute Gasteiger partial charge is 0.450 e. The number of hydrogen-bond donors (Lipinski definition) is 2. The highest BCUT2D eigenvalue weighted by atomic mass is 16.5. The average molecular weight is 298 g/mol. The van der Waals surface area contributed by atoms with Gasteiger partial charge in [-0.05, 0) is 38.0 Å². The average Bonchev–Trinajstić information content (AvgIpc) is 2.83. The van der Waals surface area contributed by atoms with Crippen molar-refractivity contribution in [3.63, 3.8) is 0 Å². The van der Waals surface area contributed by atoms with Crippen LogP contribution >= 0.6 is 0 Å². The summed E-state index contributed by atoms with van der Waals surface area (Å²) in [5.41, 5.74) is 4.32. The molecule has 0 fully saturated rings. The topological polar surface area (TPSA) is 54.1 Å². The van der Waals surface area contributed by atoms with Crippen LogP contribution in [0.25, 0.3) is 17.0 Å². The van der Waals surface area contributed by atoms with E-state index in [4.69, 9.17) is 4.74 Å². The molecule has 2 N–H and O–H groups in total. The predicted octanol–water partition coefficient (Wildman–Crippen LogP) is 4.05. The Bertz CT molecular complexity index is 698. The highest BCUT2D eigenvalue weighted by molar-refractivity contribution is 5.87. The number of carbonyl (C=O) groups is 1. The molecular weight excluding hydrogens is 276 g/mol. The molecule has 0 saturated heterocycles. The molecule has 0 radical (unpaired) electrons. The van der Waals surface area contributed by atoms with E-state index in [0.717, 1.165) is 23.2 Å². The number of para-hydroxylation sites is 1. The van der Waals surface area contributed by atoms with Gasteiger partial charge in [-0.2, -0.15) is 0 Å². The van der Waals surface area contributed by atoms with Crippen LogP contribution in [0.2, 0.25) is 0 Å². The first kappa shape index (κ1) is 15.9. The van der Waals surface area contributed by atoms with Crippen molar-refractivity contribution in [3.8, 4) is 0 Å². The smallest absolute Gasteiger partial charge is 0.407 e. The van der Waals surface area contributed by atoms with Gasteiger partial charge in [0.25, 0.3) is 0 Å². The van der Waals surface area contributed by atoms with Crippen molar-refractivity contribution in [3.05, 3.63) is 53.8 Å². The van der Waals surface area contributed by atoms with Crippen LogP contribution in [0.15, 0.2) is 42.5 Å². The van der Waals surface area contributed by atoms with Crippen molar-refractivity contribution in [2.45, 2.75) is 20.3 Å². The van der Waals surface area contributed by atoms with E-state index in [0.29, 0.717) is 13.2 Å². The fraction of sp³-hybridized carbons (Fsp3) is 0.278. The zero-order valence-electron chi connectivity index (χ0n) is 13.1. The van der Waals surface area contributed by atoms with Crippen molar-refractivity contribution >= 4 is 23.1 Å². The van der Waals surface area contributed by atoms with E-state index >= 15 is 0 Å². The van der Waals surface area contributed by atoms with Crippen LogP contribution in [0, 0.1) is 0 Å². The van der Waals surface area contributed by atoms with Crippen LogP contribution in [-0.4, -0.2) is 24.2 Å². The quantitative estimate of drug-likeness (QED) is 0.791. The van der Waals surface area contributed by atoms with Crippen molar-refractivity contribution in [2.75, 3.05) is 13.2 Å². The molecule has 1 heterocycles. The van der Waals surface area contributed by atoms with Gasteiger partial charge in [0, 0.05) is 23.1 Å². The van der Waals surface area contributed by atoms with Crippen molar-refractivity contribution < 1.29 is 9.53 Å². The minimum absolute atomic E-state index is 0.374. The number of alkyl carbamates (subject to hydrolysis) is 1. The lowest BCUT2D eigenvalue weighted by Gasteiger charge is -2.05. The molecule has 0 spiro atoms. The normalized spacial score (nSPS) is 11.0. The minimum Gasteiger partial charge on any atom is -0.450 e. The number of carbonyl (C=O) groups excluding carboxylic acids is 1. The second-order valence-corrected chi connectivity index (χ2v) is 5.14. The molecule has 1 amide bonds. The van der Waals surface area contributed by atoms with Gasteiger partial charge < -0.3 is 15.0 Å². The molecule has 0 aliphatic heterocycles. The van der Waals surface area contributed by atoms with Crippen molar-refractivity contribution in [1.29, 1.82) is 0 Å². The Morgan fingerprint density at radius 2 is 2.18 bits per heavy atom. The van der Waals surface area contributed by atoms with Crippen LogP contribution in [0.4, 0.5) is 4.79 Å². The Hall–Kier alpha value is -2.49. The first-order valence-electron chi connectivity index (χ1n) is 7.45. The molecule has 4 heteroatoms. The molecule has 0 atom stereocenters. The molecule has 0 unspecified atom stereocenters. The van der Waals surface area contributed by atoms with E-state index in [2.05, 4.69) is 29.0 Å². The maximum atomic E-state index is 11.4. The number of allylic oxidation sites excluding steroid dienone is 2. The fourth-order valence-electron chi connectivity index (χ4n) is 2.33. The monoisotopic (exact) mass is 298 g/mol. The summed E-state index contributed by atoms with van der Waals surface area (Å²) in [6.07, 6.45) is 4.37. The molecule has 0 aliphatic carbocycles. The van der Waals surface area contributed by atoms with Crippen molar-refractivity contribution in [1.82, 2.24) is 10.3 Å². The van der Waals surface area contributed by atoms with Gasteiger partial charge in [0.2, 0.25) is 0 Å². The van der Waals surface area contributed by atoms with Crippen LogP contribution in [0.1, 0.15) is 25.1 Å². The summed E-state index contributed by atoms with van der Waals surface area (Å²) in [5, 5.41) is 3.94. The van der Waals surface area contributed by atoms with Gasteiger partial charge in [0.15, 0.2) is 0 Å². The lowest BCUT2D eigenvalue weighted by Crippen LogP contribution is -2.26. The number of hydrogen-bond acceptors (Lipinski definition) is 2. The standard InChI is InChI=1S/C18H22N2O2/c1-4-22-18(21)19-12-11-15-14-7-5-6-8-16(14)20-17(15)10-9-13(2)3/h5-10,20H,2,4,11-12H2,1,3H3,(H,19,21)/b10-9+. The van der Waals surface area contributed by atoms with Gasteiger partial charge in [-0.3, -0.25) is 0 Å². The molecular formula is C18H22N2O2. The minimum atomic E-state index is -0.374. The SMILES string of the molecule is C=C(C)/C=C/c1[nH]c2ccccc2c1CCNC(=O)OCC. The van der Waals surface area contributed by atoms with E-state index < -0.39 is 0 Å². The third kappa shape index (κ3) is 4.01. The van der Waals surface area contributed by atoms with E-state index in [1.807, 2.05) is 31.2 Å². The van der Waals surface area contributed by atoms with Crippen LogP contribution in [-0.2, 0) is 11.2 Å². The summed E-state index contributed by atoms with van der Waals surface area (Å²) in [6, 6.07) is 8.16. The number of amides is 1. The Balaban J connectivity index is 2.20. The summed E-state index contributed by atoms with van der Waals surface area (Å²) in [4.78, 5) is 14.8. The second kappa shape index (κ2) is 7.50. The summed E-state index contributed by atoms with van der Waals surface area (Å²) in [7, 11) is 0. The second-order valence-electron chi connectivity index (χ2n) is 5.14. The Morgan fingerprint density at radius 1 is 1.41 bits per heavy atom. The molecule has 1 aromatic heterocycles. The molecule has 116 valence electrons. The highest BCUT2D eigenvalue weighted by Gasteiger charge is 2.09. The third-order valence-corrected chi connectivity index (χ3v) is 3.30. The first-order chi connectivity index (χ1) is 10.6. The Labute approximate surface area is 130 Å². The summed E-state index contributed by atoms with van der Waals surface area (Å²) >= 11 is 0. The van der Waals surface area contributed by atoms with E-state index in [1.165, 1.54) is 10.9 Å².